The van der Waals surface area contributed by atoms with Crippen molar-refractivity contribution in [3.63, 3.8) is 0 Å². The molecule has 1 N–H and O–H groups in total. The van der Waals surface area contributed by atoms with Crippen LogP contribution in [0.4, 0.5) is 5.13 Å². The first-order chi connectivity index (χ1) is 20.8. The summed E-state index contributed by atoms with van der Waals surface area (Å²) in [7, 11) is 0. The summed E-state index contributed by atoms with van der Waals surface area (Å²) in [6.45, 7) is 4.50. The maximum Gasteiger partial charge on any atom is 0.301 e. The number of aliphatic hydroxyl groups excluding tert-OH is 1. The molecule has 1 saturated heterocycles. The van der Waals surface area contributed by atoms with Gasteiger partial charge in [0.15, 0.2) is 4.34 Å². The Labute approximate surface area is 262 Å². The third kappa shape index (κ3) is 5.87. The zero-order valence-electron chi connectivity index (χ0n) is 23.5. The molecule has 2 atom stereocenters. The van der Waals surface area contributed by atoms with Crippen molar-refractivity contribution >= 4 is 57.3 Å². The lowest BCUT2D eigenvalue weighted by molar-refractivity contribution is -0.132. The largest absolute Gasteiger partial charge is 0.507 e. The van der Waals surface area contributed by atoms with Crippen molar-refractivity contribution in [3.8, 4) is 11.5 Å². The molecule has 8 nitrogen and oxygen atoms in total. The average molecular weight is 634 g/mol. The van der Waals surface area contributed by atoms with E-state index in [0.717, 1.165) is 23.3 Å². The second-order valence-electron chi connectivity index (χ2n) is 10.3. The quantitative estimate of drug-likeness (QED) is 0.0678. The zero-order chi connectivity index (χ0) is 30.1. The fraction of sp³-hybridized carbons (Fsp3) is 0.250. The summed E-state index contributed by atoms with van der Waals surface area (Å²) in [6.07, 6.45) is 1.53. The lowest BCUT2D eigenvalue weighted by Crippen LogP contribution is -2.29. The van der Waals surface area contributed by atoms with Gasteiger partial charge in [-0.05, 0) is 66.4 Å². The Morgan fingerprint density at radius 3 is 2.79 bits per heavy atom. The van der Waals surface area contributed by atoms with Gasteiger partial charge in [0.25, 0.3) is 5.78 Å². The van der Waals surface area contributed by atoms with Crippen molar-refractivity contribution in [3.05, 3.63) is 99.6 Å². The number of aliphatic hydroxyl groups is 1. The highest BCUT2D eigenvalue weighted by atomic mass is 35.5. The first kappa shape index (κ1) is 29.2. The van der Waals surface area contributed by atoms with E-state index in [1.54, 1.807) is 24.3 Å². The van der Waals surface area contributed by atoms with Gasteiger partial charge in [-0.1, -0.05) is 72.0 Å². The molecule has 3 heterocycles. The van der Waals surface area contributed by atoms with E-state index in [2.05, 4.69) is 10.2 Å². The molecule has 0 bridgehead atoms. The van der Waals surface area contributed by atoms with E-state index in [0.29, 0.717) is 45.0 Å². The summed E-state index contributed by atoms with van der Waals surface area (Å²) in [5, 5.41) is 21.1. The Bertz CT molecular complexity index is 1740. The Balaban J connectivity index is 1.40. The molecule has 1 amide bonds. The molecule has 0 radical (unpaired) electrons. The van der Waals surface area contributed by atoms with Crippen LogP contribution in [0.25, 0.3) is 5.76 Å². The Morgan fingerprint density at radius 1 is 1.14 bits per heavy atom. The second-order valence-corrected chi connectivity index (χ2v) is 12.9. The molecule has 0 spiro atoms. The van der Waals surface area contributed by atoms with Gasteiger partial charge in [0.1, 0.15) is 23.4 Å². The number of nitrogens with zero attached hydrogens (tertiary/aromatic N) is 3. The summed E-state index contributed by atoms with van der Waals surface area (Å²) in [5.74, 6) is 0.0650. The van der Waals surface area contributed by atoms with Crippen molar-refractivity contribution in [2.45, 2.75) is 48.9 Å². The molecule has 2 unspecified atom stereocenters. The van der Waals surface area contributed by atoms with Crippen LogP contribution < -0.4 is 14.4 Å². The van der Waals surface area contributed by atoms with Gasteiger partial charge < -0.3 is 14.6 Å². The van der Waals surface area contributed by atoms with Crippen molar-refractivity contribution in [1.82, 2.24) is 10.2 Å². The Kier molecular flexibility index (Phi) is 8.43. The van der Waals surface area contributed by atoms with Gasteiger partial charge in [-0.25, -0.2) is 0 Å². The number of benzene rings is 3. The van der Waals surface area contributed by atoms with Crippen LogP contribution >= 0.6 is 34.7 Å². The van der Waals surface area contributed by atoms with Crippen LogP contribution in [0.1, 0.15) is 48.6 Å². The number of thioether (sulfide) groups is 1. The molecule has 2 aliphatic heterocycles. The third-order valence-corrected chi connectivity index (χ3v) is 9.64. The van der Waals surface area contributed by atoms with Crippen LogP contribution in [-0.2, 0) is 21.8 Å². The number of ether oxygens (including phenoxy) is 2. The number of carbonyl (C=O) groups is 2. The maximum absolute atomic E-state index is 13.7. The normalized spacial score (nSPS) is 19.0. The zero-order valence-corrected chi connectivity index (χ0v) is 25.8. The van der Waals surface area contributed by atoms with E-state index in [1.165, 1.54) is 28.0 Å². The summed E-state index contributed by atoms with van der Waals surface area (Å²) in [4.78, 5) is 28.6. The molecule has 220 valence electrons. The lowest BCUT2D eigenvalue weighted by atomic mass is 9.94. The van der Waals surface area contributed by atoms with Crippen LogP contribution in [0, 0.1) is 0 Å². The molecular weight excluding hydrogens is 606 g/mol. The molecule has 3 aromatic carbocycles. The number of amides is 1. The fourth-order valence-electron chi connectivity index (χ4n) is 5.18. The molecule has 2 aliphatic rings. The number of aromatic nitrogens is 2. The molecule has 0 aliphatic carbocycles. The SMILES string of the molecule is CCCOc1cccc(C2/C(=C(\O)c3ccc4c(c3)CC(C)O4)C(=O)C(=O)N2c2nnc(SCc3ccccc3Cl)s2)c1. The van der Waals surface area contributed by atoms with Gasteiger partial charge in [-0.3, -0.25) is 14.5 Å². The molecule has 1 fully saturated rings. The third-order valence-electron chi connectivity index (χ3n) is 7.17. The number of fused-ring (bicyclic) bond motifs is 1. The molecular formula is C32H28ClN3O5S2. The Hall–Kier alpha value is -3.86. The summed E-state index contributed by atoms with van der Waals surface area (Å²) >= 11 is 8.96. The highest BCUT2D eigenvalue weighted by molar-refractivity contribution is 8.00. The number of carbonyl (C=O) groups excluding carboxylic acids is 2. The van der Waals surface area contributed by atoms with Gasteiger partial charge in [-0.2, -0.15) is 0 Å². The van der Waals surface area contributed by atoms with E-state index in [-0.39, 0.29) is 22.6 Å². The topological polar surface area (TPSA) is 102 Å². The number of rotatable bonds is 9. The highest BCUT2D eigenvalue weighted by Gasteiger charge is 2.48. The van der Waals surface area contributed by atoms with Crippen LogP contribution in [0.3, 0.4) is 0 Å². The maximum atomic E-state index is 13.7. The molecule has 6 rings (SSSR count). The minimum absolute atomic E-state index is 0.0196. The van der Waals surface area contributed by atoms with E-state index in [4.69, 9.17) is 21.1 Å². The van der Waals surface area contributed by atoms with E-state index >= 15 is 0 Å². The van der Waals surface area contributed by atoms with Crippen molar-refractivity contribution in [1.29, 1.82) is 0 Å². The van der Waals surface area contributed by atoms with Crippen LogP contribution in [0.15, 0.2) is 76.6 Å². The number of anilines is 1. The van der Waals surface area contributed by atoms with Gasteiger partial charge in [0.05, 0.1) is 18.2 Å². The monoisotopic (exact) mass is 633 g/mol. The number of Topliss-reactive ketones (excluding diaryl/α,β-unsaturated/α-hetero) is 1. The molecule has 1 aromatic heterocycles. The molecule has 43 heavy (non-hydrogen) atoms. The summed E-state index contributed by atoms with van der Waals surface area (Å²) in [5.41, 5.74) is 2.90. The van der Waals surface area contributed by atoms with Gasteiger partial charge in [-0.15, -0.1) is 10.2 Å². The second kappa shape index (κ2) is 12.4. The molecule has 4 aromatic rings. The molecule has 11 heteroatoms. The minimum Gasteiger partial charge on any atom is -0.507 e. The average Bonchev–Trinajstić information content (AvgIpc) is 3.70. The number of halogens is 1. The fourth-order valence-corrected chi connectivity index (χ4v) is 7.33. The Morgan fingerprint density at radius 2 is 1.98 bits per heavy atom. The summed E-state index contributed by atoms with van der Waals surface area (Å²) in [6, 6.07) is 19.1. The first-order valence-corrected chi connectivity index (χ1v) is 16.1. The van der Waals surface area contributed by atoms with Gasteiger partial charge in [0, 0.05) is 22.8 Å². The van der Waals surface area contributed by atoms with Crippen molar-refractivity contribution < 1.29 is 24.2 Å². The van der Waals surface area contributed by atoms with Gasteiger partial charge in [0.2, 0.25) is 5.13 Å². The number of hydrogen-bond donors (Lipinski definition) is 1. The smallest absolute Gasteiger partial charge is 0.301 e. The van der Waals surface area contributed by atoms with Crippen molar-refractivity contribution in [2.75, 3.05) is 11.5 Å². The van der Waals surface area contributed by atoms with Crippen LogP contribution in [-0.4, -0.2) is 39.7 Å². The van der Waals surface area contributed by atoms with Crippen molar-refractivity contribution in [2.24, 2.45) is 0 Å². The molecule has 0 saturated carbocycles. The van der Waals surface area contributed by atoms with E-state index < -0.39 is 17.7 Å². The van der Waals surface area contributed by atoms with E-state index in [9.17, 15) is 14.7 Å². The van der Waals surface area contributed by atoms with E-state index in [1.807, 2.05) is 56.3 Å². The van der Waals surface area contributed by atoms with Crippen LogP contribution in [0.5, 0.6) is 11.5 Å². The standard InChI is InChI=1S/C32H28ClN3O5S2/c1-3-13-40-23-9-6-8-19(16-23)27-26(28(37)20-11-12-25-22(15-20)14-18(2)41-25)29(38)30(39)36(27)31-34-35-32(43-31)42-17-21-7-4-5-10-24(21)33/h4-12,15-16,18,27,37H,3,13-14,17H2,1-2H3/b28-26+. The predicted molar refractivity (Wildman–Crippen MR) is 168 cm³/mol. The summed E-state index contributed by atoms with van der Waals surface area (Å²) < 4.78 is 12.3. The number of hydrogen-bond acceptors (Lipinski definition) is 9. The minimum atomic E-state index is -0.942. The number of ketones is 1. The van der Waals surface area contributed by atoms with Gasteiger partial charge >= 0.3 is 5.91 Å². The first-order valence-electron chi connectivity index (χ1n) is 13.9. The van der Waals surface area contributed by atoms with Crippen LogP contribution in [0.2, 0.25) is 5.02 Å². The lowest BCUT2D eigenvalue weighted by Gasteiger charge is -2.23. The highest BCUT2D eigenvalue weighted by Crippen LogP contribution is 2.45. The predicted octanol–water partition coefficient (Wildman–Crippen LogP) is 7.22.